The van der Waals surface area contributed by atoms with Crippen molar-refractivity contribution in [2.45, 2.75) is 6.54 Å². The highest BCUT2D eigenvalue weighted by atomic mass is 32.1. The largest absolute Gasteiger partial charge is 0.497 e. The van der Waals surface area contributed by atoms with Gasteiger partial charge in [0, 0.05) is 54.6 Å². The fourth-order valence-corrected chi connectivity index (χ4v) is 4.00. The number of aromatic nitrogens is 1. The molecule has 1 fully saturated rings. The van der Waals surface area contributed by atoms with Gasteiger partial charge in [-0.3, -0.25) is 9.69 Å². The summed E-state index contributed by atoms with van der Waals surface area (Å²) >= 11 is 1.79. The first-order chi connectivity index (χ1) is 12.2. The molecule has 1 amide bonds. The van der Waals surface area contributed by atoms with Crippen LogP contribution >= 0.6 is 11.3 Å². The topological polar surface area (TPSA) is 48.6 Å². The Morgan fingerprint density at radius 3 is 2.76 bits per heavy atom. The van der Waals surface area contributed by atoms with Gasteiger partial charge in [-0.25, -0.2) is 0 Å². The van der Waals surface area contributed by atoms with Crippen molar-refractivity contribution in [2.75, 3.05) is 33.3 Å². The Kier molecular flexibility index (Phi) is 4.46. The fraction of sp³-hybridized carbons (Fsp3) is 0.316. The van der Waals surface area contributed by atoms with Crippen molar-refractivity contribution in [3.8, 4) is 5.75 Å². The van der Waals surface area contributed by atoms with Crippen LogP contribution in [0.5, 0.6) is 5.75 Å². The van der Waals surface area contributed by atoms with Crippen LogP contribution in [0.3, 0.4) is 0 Å². The summed E-state index contributed by atoms with van der Waals surface area (Å²) in [5.74, 6) is 0.862. The van der Waals surface area contributed by atoms with Crippen LogP contribution in [-0.4, -0.2) is 54.0 Å². The molecule has 3 heterocycles. The van der Waals surface area contributed by atoms with Crippen LogP contribution in [0.15, 0.2) is 41.8 Å². The van der Waals surface area contributed by atoms with Crippen molar-refractivity contribution in [2.24, 2.45) is 0 Å². The Bertz CT molecular complexity index is 864. The molecule has 0 saturated carbocycles. The summed E-state index contributed by atoms with van der Waals surface area (Å²) in [6.07, 6.45) is 0. The molecule has 3 aromatic rings. The predicted octanol–water partition coefficient (Wildman–Crippen LogP) is 3.20. The number of nitrogens with zero attached hydrogens (tertiary/aromatic N) is 2. The lowest BCUT2D eigenvalue weighted by Crippen LogP contribution is -2.48. The Morgan fingerprint density at radius 1 is 1.20 bits per heavy atom. The molecule has 0 atom stereocenters. The lowest BCUT2D eigenvalue weighted by molar-refractivity contribution is 0.0625. The molecule has 5 nitrogen and oxygen atoms in total. The van der Waals surface area contributed by atoms with Crippen molar-refractivity contribution in [1.29, 1.82) is 0 Å². The first-order valence-corrected chi connectivity index (χ1v) is 9.32. The monoisotopic (exact) mass is 355 g/mol. The smallest absolute Gasteiger partial charge is 0.270 e. The normalized spacial score (nSPS) is 15.6. The maximum atomic E-state index is 12.8. The highest BCUT2D eigenvalue weighted by molar-refractivity contribution is 7.09. The third-order valence-corrected chi connectivity index (χ3v) is 5.54. The minimum absolute atomic E-state index is 0.0749. The molecule has 0 radical (unpaired) electrons. The van der Waals surface area contributed by atoms with Crippen LogP contribution < -0.4 is 4.74 Å². The molecule has 25 heavy (non-hydrogen) atoms. The van der Waals surface area contributed by atoms with E-state index in [-0.39, 0.29) is 5.91 Å². The molecule has 0 spiro atoms. The summed E-state index contributed by atoms with van der Waals surface area (Å²) in [4.78, 5) is 21.8. The number of hydrogen-bond acceptors (Lipinski definition) is 4. The van der Waals surface area contributed by atoms with E-state index in [9.17, 15) is 4.79 Å². The molecule has 1 aliphatic heterocycles. The highest BCUT2D eigenvalue weighted by Gasteiger charge is 2.23. The number of hydrogen-bond donors (Lipinski definition) is 1. The Morgan fingerprint density at radius 2 is 2.04 bits per heavy atom. The number of benzene rings is 1. The van der Waals surface area contributed by atoms with Crippen molar-refractivity contribution < 1.29 is 9.53 Å². The number of H-pyrrole nitrogens is 1. The molecule has 1 saturated heterocycles. The van der Waals surface area contributed by atoms with Crippen LogP contribution in [0.25, 0.3) is 10.9 Å². The van der Waals surface area contributed by atoms with Crippen molar-refractivity contribution in [1.82, 2.24) is 14.8 Å². The van der Waals surface area contributed by atoms with Crippen LogP contribution in [0.1, 0.15) is 15.4 Å². The lowest BCUT2D eigenvalue weighted by Gasteiger charge is -2.34. The average Bonchev–Trinajstić information content (AvgIpc) is 3.30. The van der Waals surface area contributed by atoms with Gasteiger partial charge in [0.15, 0.2) is 0 Å². The van der Waals surface area contributed by atoms with E-state index in [0.29, 0.717) is 5.69 Å². The Balaban J connectivity index is 1.41. The summed E-state index contributed by atoms with van der Waals surface area (Å²) in [6, 6.07) is 12.0. The SMILES string of the molecule is COc1ccc2cc(C(=O)N3CCN(Cc4cccs4)CC3)[nH]c2c1. The summed E-state index contributed by atoms with van der Waals surface area (Å²) in [5, 5.41) is 3.14. The summed E-state index contributed by atoms with van der Waals surface area (Å²) in [6.45, 7) is 4.34. The minimum Gasteiger partial charge on any atom is -0.497 e. The highest BCUT2D eigenvalue weighted by Crippen LogP contribution is 2.22. The van der Waals surface area contributed by atoms with Crippen LogP contribution in [-0.2, 0) is 6.54 Å². The number of rotatable bonds is 4. The van der Waals surface area contributed by atoms with E-state index in [4.69, 9.17) is 4.74 Å². The second-order valence-corrected chi connectivity index (χ2v) is 7.32. The maximum absolute atomic E-state index is 12.8. The number of carbonyl (C=O) groups excluding carboxylic acids is 1. The van der Waals surface area contributed by atoms with Gasteiger partial charge in [-0.2, -0.15) is 0 Å². The number of piperazine rings is 1. The van der Waals surface area contributed by atoms with Gasteiger partial charge < -0.3 is 14.6 Å². The number of amides is 1. The Hall–Kier alpha value is -2.31. The molecular weight excluding hydrogens is 334 g/mol. The molecule has 1 aliphatic rings. The number of fused-ring (bicyclic) bond motifs is 1. The molecule has 0 bridgehead atoms. The summed E-state index contributed by atoms with van der Waals surface area (Å²) in [5.41, 5.74) is 1.58. The van der Waals surface area contributed by atoms with Gasteiger partial charge in [0.2, 0.25) is 0 Å². The first-order valence-electron chi connectivity index (χ1n) is 8.44. The molecule has 0 unspecified atom stereocenters. The van der Waals surface area contributed by atoms with Crippen molar-refractivity contribution in [3.63, 3.8) is 0 Å². The predicted molar refractivity (Wildman–Crippen MR) is 100 cm³/mol. The van der Waals surface area contributed by atoms with E-state index >= 15 is 0 Å². The van der Waals surface area contributed by atoms with E-state index in [1.807, 2.05) is 29.2 Å². The molecule has 130 valence electrons. The van der Waals surface area contributed by atoms with Gasteiger partial charge in [-0.15, -0.1) is 11.3 Å². The first kappa shape index (κ1) is 16.2. The molecule has 2 aromatic heterocycles. The van der Waals surface area contributed by atoms with Gasteiger partial charge in [0.1, 0.15) is 11.4 Å². The van der Waals surface area contributed by atoms with Gasteiger partial charge >= 0.3 is 0 Å². The zero-order chi connectivity index (χ0) is 17.2. The average molecular weight is 355 g/mol. The number of ether oxygens (including phenoxy) is 1. The number of thiophene rings is 1. The van der Waals surface area contributed by atoms with Gasteiger partial charge in [0.25, 0.3) is 5.91 Å². The quantitative estimate of drug-likeness (QED) is 0.782. The van der Waals surface area contributed by atoms with Crippen molar-refractivity contribution >= 4 is 28.1 Å². The molecule has 1 aromatic carbocycles. The van der Waals surface area contributed by atoms with E-state index < -0.39 is 0 Å². The minimum atomic E-state index is 0.0749. The van der Waals surface area contributed by atoms with Crippen molar-refractivity contribution in [3.05, 3.63) is 52.3 Å². The third-order valence-electron chi connectivity index (χ3n) is 4.68. The Labute approximate surface area is 150 Å². The number of carbonyl (C=O) groups is 1. The second kappa shape index (κ2) is 6.90. The van der Waals surface area contributed by atoms with Gasteiger partial charge in [-0.1, -0.05) is 6.07 Å². The molecule has 4 rings (SSSR count). The van der Waals surface area contributed by atoms with E-state index in [1.165, 1.54) is 4.88 Å². The summed E-state index contributed by atoms with van der Waals surface area (Å²) < 4.78 is 5.24. The maximum Gasteiger partial charge on any atom is 0.270 e. The van der Waals surface area contributed by atoms with Gasteiger partial charge in [-0.05, 0) is 29.6 Å². The molecular formula is C19H21N3O2S. The van der Waals surface area contributed by atoms with Crippen LogP contribution in [0.2, 0.25) is 0 Å². The zero-order valence-electron chi connectivity index (χ0n) is 14.2. The number of methoxy groups -OCH3 is 1. The van der Waals surface area contributed by atoms with E-state index in [1.54, 1.807) is 18.4 Å². The molecule has 6 heteroatoms. The van der Waals surface area contributed by atoms with E-state index in [0.717, 1.165) is 49.4 Å². The molecule has 1 N–H and O–H groups in total. The lowest BCUT2D eigenvalue weighted by atomic mass is 10.2. The number of nitrogens with one attached hydrogen (secondary N) is 1. The zero-order valence-corrected chi connectivity index (χ0v) is 15.0. The van der Waals surface area contributed by atoms with Crippen LogP contribution in [0.4, 0.5) is 0 Å². The van der Waals surface area contributed by atoms with Gasteiger partial charge in [0.05, 0.1) is 7.11 Å². The second-order valence-electron chi connectivity index (χ2n) is 6.28. The summed E-state index contributed by atoms with van der Waals surface area (Å²) in [7, 11) is 1.64. The molecule has 0 aliphatic carbocycles. The van der Waals surface area contributed by atoms with Crippen LogP contribution in [0, 0.1) is 0 Å². The number of aromatic amines is 1. The fourth-order valence-electron chi connectivity index (χ4n) is 3.25. The standard InChI is InChI=1S/C19H21N3O2S/c1-24-15-5-4-14-11-18(20-17(14)12-15)19(23)22-8-6-21(7-9-22)13-16-3-2-10-25-16/h2-5,10-12,20H,6-9,13H2,1H3. The third kappa shape index (κ3) is 3.41. The van der Waals surface area contributed by atoms with E-state index in [2.05, 4.69) is 27.4 Å².